The molecule has 1 aromatic rings. The number of nitrogens with two attached hydrogens (primary N) is 1. The minimum Gasteiger partial charge on any atom is -0.366 e. The molecule has 0 atom stereocenters. The van der Waals surface area contributed by atoms with Gasteiger partial charge in [-0.2, -0.15) is 0 Å². The standard InChI is InChI=1S/C13H14ClNO/c14-12-7-6-10(8-11(12)13(15)16)9-4-2-1-3-5-9/h4,6-8H,1-3,5H2,(H2,15,16). The van der Waals surface area contributed by atoms with Crippen molar-refractivity contribution in [2.24, 2.45) is 5.73 Å². The number of hydrogen-bond acceptors (Lipinski definition) is 1. The summed E-state index contributed by atoms with van der Waals surface area (Å²) in [5.74, 6) is -0.469. The Balaban J connectivity index is 2.39. The molecular formula is C13H14ClNO. The summed E-state index contributed by atoms with van der Waals surface area (Å²) in [6, 6.07) is 5.49. The van der Waals surface area contributed by atoms with Gasteiger partial charge in [-0.25, -0.2) is 0 Å². The summed E-state index contributed by atoms with van der Waals surface area (Å²) in [5.41, 5.74) is 8.04. The van der Waals surface area contributed by atoms with Crippen LogP contribution in [0.4, 0.5) is 0 Å². The Labute approximate surface area is 100 Å². The fourth-order valence-electron chi connectivity index (χ4n) is 2.01. The first-order valence-corrected chi connectivity index (χ1v) is 5.85. The number of carbonyl (C=O) groups excluding carboxylic acids is 1. The number of amides is 1. The number of halogens is 1. The number of hydrogen-bond donors (Lipinski definition) is 1. The summed E-state index contributed by atoms with van der Waals surface area (Å²) in [7, 11) is 0. The summed E-state index contributed by atoms with van der Waals surface area (Å²) in [5, 5.41) is 0.424. The second kappa shape index (κ2) is 4.71. The third-order valence-electron chi connectivity index (χ3n) is 2.89. The molecule has 1 amide bonds. The number of rotatable bonds is 2. The second-order valence-corrected chi connectivity index (χ2v) is 4.44. The lowest BCUT2D eigenvalue weighted by Gasteiger charge is -2.13. The predicted octanol–water partition coefficient (Wildman–Crippen LogP) is 3.40. The molecule has 0 saturated heterocycles. The molecule has 0 spiro atoms. The lowest BCUT2D eigenvalue weighted by molar-refractivity contribution is 0.100. The van der Waals surface area contributed by atoms with Gasteiger partial charge < -0.3 is 5.73 Å². The maximum Gasteiger partial charge on any atom is 0.250 e. The largest absolute Gasteiger partial charge is 0.366 e. The van der Waals surface area contributed by atoms with E-state index in [-0.39, 0.29) is 0 Å². The van der Waals surface area contributed by atoms with E-state index < -0.39 is 5.91 Å². The molecule has 1 aliphatic carbocycles. The average molecular weight is 236 g/mol. The topological polar surface area (TPSA) is 43.1 Å². The van der Waals surface area contributed by atoms with Crippen LogP contribution in [0.15, 0.2) is 24.3 Å². The van der Waals surface area contributed by atoms with Crippen LogP contribution in [0.5, 0.6) is 0 Å². The molecule has 0 unspecified atom stereocenters. The summed E-state index contributed by atoms with van der Waals surface area (Å²) < 4.78 is 0. The molecule has 84 valence electrons. The van der Waals surface area contributed by atoms with Crippen molar-refractivity contribution in [2.45, 2.75) is 25.7 Å². The van der Waals surface area contributed by atoms with Gasteiger partial charge in [0.05, 0.1) is 10.6 Å². The Hall–Kier alpha value is -1.28. The summed E-state index contributed by atoms with van der Waals surface area (Å²) in [6.07, 6.45) is 6.88. The molecule has 0 bridgehead atoms. The van der Waals surface area contributed by atoms with Crippen molar-refractivity contribution in [3.63, 3.8) is 0 Å². The number of allylic oxidation sites excluding steroid dienone is 2. The predicted molar refractivity (Wildman–Crippen MR) is 66.4 cm³/mol. The Morgan fingerprint density at radius 1 is 1.31 bits per heavy atom. The third-order valence-corrected chi connectivity index (χ3v) is 3.22. The summed E-state index contributed by atoms with van der Waals surface area (Å²) in [4.78, 5) is 11.2. The van der Waals surface area contributed by atoms with E-state index in [0.29, 0.717) is 10.6 Å². The molecule has 0 aromatic heterocycles. The third kappa shape index (κ3) is 2.27. The Morgan fingerprint density at radius 3 is 2.75 bits per heavy atom. The zero-order chi connectivity index (χ0) is 11.5. The molecule has 0 heterocycles. The highest BCUT2D eigenvalue weighted by Crippen LogP contribution is 2.29. The van der Waals surface area contributed by atoms with Gasteiger partial charge in [0.1, 0.15) is 0 Å². The summed E-state index contributed by atoms with van der Waals surface area (Å²) >= 11 is 5.91. The number of benzene rings is 1. The molecule has 0 radical (unpaired) electrons. The van der Waals surface area contributed by atoms with E-state index >= 15 is 0 Å². The van der Waals surface area contributed by atoms with E-state index in [1.165, 1.54) is 18.4 Å². The maximum atomic E-state index is 11.2. The highest BCUT2D eigenvalue weighted by molar-refractivity contribution is 6.33. The lowest BCUT2D eigenvalue weighted by atomic mass is 9.93. The molecule has 2 nitrogen and oxygen atoms in total. The normalized spacial score (nSPS) is 15.7. The van der Waals surface area contributed by atoms with Crippen molar-refractivity contribution in [1.29, 1.82) is 0 Å². The maximum absolute atomic E-state index is 11.2. The molecule has 16 heavy (non-hydrogen) atoms. The van der Waals surface area contributed by atoms with E-state index in [9.17, 15) is 4.79 Å². The molecular weight excluding hydrogens is 222 g/mol. The van der Waals surface area contributed by atoms with Crippen LogP contribution >= 0.6 is 11.6 Å². The van der Waals surface area contributed by atoms with E-state index in [0.717, 1.165) is 18.4 Å². The van der Waals surface area contributed by atoms with Gasteiger partial charge in [0.25, 0.3) is 0 Å². The van der Waals surface area contributed by atoms with Gasteiger partial charge in [0, 0.05) is 0 Å². The van der Waals surface area contributed by atoms with Gasteiger partial charge in [-0.3, -0.25) is 4.79 Å². The van der Waals surface area contributed by atoms with Crippen molar-refractivity contribution < 1.29 is 4.79 Å². The van der Waals surface area contributed by atoms with Gasteiger partial charge in [0.15, 0.2) is 0 Å². The van der Waals surface area contributed by atoms with Crippen molar-refractivity contribution in [3.8, 4) is 0 Å². The molecule has 2 rings (SSSR count). The van der Waals surface area contributed by atoms with Crippen LogP contribution in [0.25, 0.3) is 5.57 Å². The van der Waals surface area contributed by atoms with Gasteiger partial charge in [-0.05, 0) is 49.0 Å². The zero-order valence-corrected chi connectivity index (χ0v) is 9.76. The molecule has 0 fully saturated rings. The highest BCUT2D eigenvalue weighted by Gasteiger charge is 2.11. The Bertz CT molecular complexity index is 451. The van der Waals surface area contributed by atoms with Crippen molar-refractivity contribution in [2.75, 3.05) is 0 Å². The van der Waals surface area contributed by atoms with Crippen molar-refractivity contribution in [3.05, 3.63) is 40.4 Å². The van der Waals surface area contributed by atoms with Crippen LogP contribution in [-0.4, -0.2) is 5.91 Å². The Kier molecular flexibility index (Phi) is 3.30. The highest BCUT2D eigenvalue weighted by atomic mass is 35.5. The van der Waals surface area contributed by atoms with Crippen molar-refractivity contribution in [1.82, 2.24) is 0 Å². The first-order chi connectivity index (χ1) is 7.68. The van der Waals surface area contributed by atoms with Crippen LogP contribution in [0, 0.1) is 0 Å². The fraction of sp³-hybridized carbons (Fsp3) is 0.308. The second-order valence-electron chi connectivity index (χ2n) is 4.03. The molecule has 1 aromatic carbocycles. The minimum absolute atomic E-state index is 0.408. The summed E-state index contributed by atoms with van der Waals surface area (Å²) in [6.45, 7) is 0. The van der Waals surface area contributed by atoms with Gasteiger partial charge in [0.2, 0.25) is 5.91 Å². The zero-order valence-electron chi connectivity index (χ0n) is 9.00. The van der Waals surface area contributed by atoms with E-state index in [2.05, 4.69) is 6.08 Å². The van der Waals surface area contributed by atoms with E-state index in [1.54, 1.807) is 12.1 Å². The van der Waals surface area contributed by atoms with Gasteiger partial charge in [-0.15, -0.1) is 0 Å². The molecule has 2 N–H and O–H groups in total. The number of primary amides is 1. The van der Waals surface area contributed by atoms with Crippen LogP contribution in [0.1, 0.15) is 41.6 Å². The number of carbonyl (C=O) groups is 1. The quantitative estimate of drug-likeness (QED) is 0.839. The van der Waals surface area contributed by atoms with Crippen LogP contribution in [0.2, 0.25) is 5.02 Å². The van der Waals surface area contributed by atoms with Crippen LogP contribution < -0.4 is 5.73 Å². The first kappa shape index (κ1) is 11.2. The minimum atomic E-state index is -0.469. The monoisotopic (exact) mass is 235 g/mol. The van der Waals surface area contributed by atoms with E-state index in [1.807, 2.05) is 6.07 Å². The van der Waals surface area contributed by atoms with Gasteiger partial charge >= 0.3 is 0 Å². The fourth-order valence-corrected chi connectivity index (χ4v) is 2.22. The lowest BCUT2D eigenvalue weighted by Crippen LogP contribution is -2.12. The SMILES string of the molecule is NC(=O)c1cc(C2=CCCCC2)ccc1Cl. The van der Waals surface area contributed by atoms with Crippen LogP contribution in [0.3, 0.4) is 0 Å². The average Bonchev–Trinajstić information content (AvgIpc) is 2.30. The first-order valence-electron chi connectivity index (χ1n) is 5.47. The smallest absolute Gasteiger partial charge is 0.250 e. The van der Waals surface area contributed by atoms with Gasteiger partial charge in [-0.1, -0.05) is 23.7 Å². The molecule has 1 aliphatic rings. The van der Waals surface area contributed by atoms with Crippen LogP contribution in [-0.2, 0) is 0 Å². The molecule has 3 heteroatoms. The Morgan fingerprint density at radius 2 is 2.12 bits per heavy atom. The van der Waals surface area contributed by atoms with Crippen molar-refractivity contribution >= 4 is 23.1 Å². The molecule has 0 aliphatic heterocycles. The van der Waals surface area contributed by atoms with E-state index in [4.69, 9.17) is 17.3 Å². The molecule has 0 saturated carbocycles.